The molecule has 1 aromatic heterocycles. The summed E-state index contributed by atoms with van der Waals surface area (Å²) in [6, 6.07) is 2.50. The lowest BCUT2D eigenvalue weighted by molar-refractivity contribution is -0.137. The lowest BCUT2D eigenvalue weighted by Crippen LogP contribution is -2.34. The van der Waals surface area contributed by atoms with Crippen LogP contribution in [0.1, 0.15) is 18.4 Å². The lowest BCUT2D eigenvalue weighted by Gasteiger charge is -2.34. The average Bonchev–Trinajstić information content (AvgIpc) is 2.26. The third-order valence-corrected chi connectivity index (χ3v) is 3.92. The minimum atomic E-state index is -4.32. The van der Waals surface area contributed by atoms with E-state index in [1.165, 1.54) is 6.07 Å². The van der Waals surface area contributed by atoms with E-state index in [1.54, 1.807) is 0 Å². The lowest BCUT2D eigenvalue weighted by atomic mass is 9.85. The van der Waals surface area contributed by atoms with Crippen LogP contribution in [-0.4, -0.2) is 23.4 Å². The number of halogens is 4. The van der Waals surface area contributed by atoms with Crippen LogP contribution in [-0.2, 0) is 6.18 Å². The van der Waals surface area contributed by atoms with Crippen molar-refractivity contribution < 1.29 is 13.2 Å². The molecule has 0 aromatic carbocycles. The van der Waals surface area contributed by atoms with E-state index in [4.69, 9.17) is 0 Å². The van der Waals surface area contributed by atoms with Gasteiger partial charge in [0.05, 0.1) is 5.56 Å². The van der Waals surface area contributed by atoms with Gasteiger partial charge in [0.1, 0.15) is 5.82 Å². The molecule has 0 spiro atoms. The van der Waals surface area contributed by atoms with Crippen LogP contribution in [0.3, 0.4) is 0 Å². The summed E-state index contributed by atoms with van der Waals surface area (Å²) in [5, 5.41) is 0. The second-order valence-electron chi connectivity index (χ2n) is 4.72. The Kier molecular flexibility index (Phi) is 3.84. The molecule has 1 fully saturated rings. The Labute approximate surface area is 112 Å². The molecule has 0 N–H and O–H groups in total. The predicted molar refractivity (Wildman–Crippen MR) is 67.9 cm³/mol. The van der Waals surface area contributed by atoms with Crippen LogP contribution in [0.15, 0.2) is 18.3 Å². The van der Waals surface area contributed by atoms with E-state index >= 15 is 0 Å². The molecule has 1 aliphatic rings. The first-order valence-electron chi connectivity index (χ1n) is 5.74. The van der Waals surface area contributed by atoms with Crippen molar-refractivity contribution in [2.24, 2.45) is 5.92 Å². The number of aromatic nitrogens is 1. The maximum atomic E-state index is 12.4. The van der Waals surface area contributed by atoms with Crippen LogP contribution < -0.4 is 4.90 Å². The fraction of sp³-hybridized carbons (Fsp3) is 0.583. The van der Waals surface area contributed by atoms with Gasteiger partial charge in [-0.15, -0.1) is 0 Å². The fourth-order valence-corrected chi connectivity index (χ4v) is 3.12. The molecule has 0 atom stereocenters. The van der Waals surface area contributed by atoms with Gasteiger partial charge >= 0.3 is 6.18 Å². The van der Waals surface area contributed by atoms with E-state index in [-0.39, 0.29) is 0 Å². The second-order valence-corrected chi connectivity index (χ2v) is 6.01. The van der Waals surface area contributed by atoms with E-state index in [0.29, 0.717) is 16.6 Å². The highest BCUT2D eigenvalue weighted by Crippen LogP contribution is 2.34. The Morgan fingerprint density at radius 3 is 2.50 bits per heavy atom. The summed E-state index contributed by atoms with van der Waals surface area (Å²) in [6.07, 6.45) is -1.20. The zero-order valence-electron chi connectivity index (χ0n) is 9.91. The summed E-state index contributed by atoms with van der Waals surface area (Å²) in [7, 11) is 1.86. The molecule has 0 bridgehead atoms. The molecular formula is C12H14BrF3N2. The first kappa shape index (κ1) is 13.6. The maximum absolute atomic E-state index is 12.4. The molecule has 0 unspecified atom stereocenters. The first-order valence-corrected chi connectivity index (χ1v) is 6.66. The SMILES string of the molecule is CN(CC1CC(Br)C1)c1ccc(C(F)(F)F)cn1. The zero-order chi connectivity index (χ0) is 13.3. The summed E-state index contributed by atoms with van der Waals surface area (Å²) < 4.78 is 37.1. The van der Waals surface area contributed by atoms with E-state index in [9.17, 15) is 13.2 Å². The van der Waals surface area contributed by atoms with Crippen molar-refractivity contribution in [1.82, 2.24) is 4.98 Å². The highest BCUT2D eigenvalue weighted by Gasteiger charge is 2.31. The molecule has 1 heterocycles. The van der Waals surface area contributed by atoms with Crippen molar-refractivity contribution in [3.63, 3.8) is 0 Å². The average molecular weight is 323 g/mol. The molecule has 2 rings (SSSR count). The molecule has 0 amide bonds. The summed E-state index contributed by atoms with van der Waals surface area (Å²) in [4.78, 5) is 6.37. The van der Waals surface area contributed by atoms with Crippen molar-refractivity contribution in [3.8, 4) is 0 Å². The van der Waals surface area contributed by atoms with Gasteiger partial charge in [0, 0.05) is 24.6 Å². The van der Waals surface area contributed by atoms with Crippen molar-refractivity contribution >= 4 is 21.7 Å². The van der Waals surface area contributed by atoms with Gasteiger partial charge in [-0.05, 0) is 30.9 Å². The van der Waals surface area contributed by atoms with Gasteiger partial charge < -0.3 is 4.90 Å². The maximum Gasteiger partial charge on any atom is 0.417 e. The Bertz CT molecular complexity index is 399. The van der Waals surface area contributed by atoms with Crippen LogP contribution >= 0.6 is 15.9 Å². The molecule has 2 nitrogen and oxygen atoms in total. The van der Waals surface area contributed by atoms with Gasteiger partial charge in [-0.2, -0.15) is 13.2 Å². The van der Waals surface area contributed by atoms with Gasteiger partial charge in [0.25, 0.3) is 0 Å². The fourth-order valence-electron chi connectivity index (χ4n) is 2.06. The zero-order valence-corrected chi connectivity index (χ0v) is 11.5. The van der Waals surface area contributed by atoms with Crippen LogP contribution in [0.25, 0.3) is 0 Å². The number of hydrogen-bond donors (Lipinski definition) is 0. The molecule has 0 aliphatic heterocycles. The molecule has 1 aromatic rings. The molecule has 18 heavy (non-hydrogen) atoms. The number of hydrogen-bond acceptors (Lipinski definition) is 2. The van der Waals surface area contributed by atoms with Gasteiger partial charge in [0.2, 0.25) is 0 Å². The van der Waals surface area contributed by atoms with E-state index in [1.807, 2.05) is 11.9 Å². The topological polar surface area (TPSA) is 16.1 Å². The minimum Gasteiger partial charge on any atom is -0.359 e. The van der Waals surface area contributed by atoms with E-state index in [0.717, 1.165) is 31.6 Å². The second kappa shape index (κ2) is 5.07. The highest BCUT2D eigenvalue weighted by atomic mass is 79.9. The summed E-state index contributed by atoms with van der Waals surface area (Å²) in [5.74, 6) is 1.18. The van der Waals surface area contributed by atoms with Crippen LogP contribution in [0, 0.1) is 5.92 Å². The Morgan fingerprint density at radius 1 is 1.39 bits per heavy atom. The van der Waals surface area contributed by atoms with Crippen molar-refractivity contribution in [2.75, 3.05) is 18.5 Å². The number of alkyl halides is 4. The molecule has 1 saturated carbocycles. The summed E-state index contributed by atoms with van der Waals surface area (Å²) in [6.45, 7) is 0.834. The van der Waals surface area contributed by atoms with Gasteiger partial charge in [0.15, 0.2) is 0 Å². The normalized spacial score (nSPS) is 23.6. The predicted octanol–water partition coefficient (Wildman–Crippen LogP) is 3.71. The highest BCUT2D eigenvalue weighted by molar-refractivity contribution is 9.09. The molecule has 6 heteroatoms. The molecular weight excluding hydrogens is 309 g/mol. The quantitative estimate of drug-likeness (QED) is 0.789. The Hall–Kier alpha value is -0.780. The minimum absolute atomic E-state index is 0.584. The number of nitrogens with zero attached hydrogens (tertiary/aromatic N) is 2. The van der Waals surface area contributed by atoms with E-state index in [2.05, 4.69) is 20.9 Å². The monoisotopic (exact) mass is 322 g/mol. The summed E-state index contributed by atoms with van der Waals surface area (Å²) >= 11 is 3.52. The van der Waals surface area contributed by atoms with E-state index < -0.39 is 11.7 Å². The first-order chi connectivity index (χ1) is 8.36. The van der Waals surface area contributed by atoms with Gasteiger partial charge in [-0.1, -0.05) is 15.9 Å². The number of rotatable bonds is 3. The number of anilines is 1. The van der Waals surface area contributed by atoms with Crippen LogP contribution in [0.4, 0.5) is 19.0 Å². The standard InChI is InChI=1S/C12H14BrF3N2/c1-18(7-8-4-10(13)5-8)11-3-2-9(6-17-11)12(14,15)16/h2-3,6,8,10H,4-5,7H2,1H3. The van der Waals surface area contributed by atoms with Gasteiger partial charge in [-0.3, -0.25) is 0 Å². The summed E-state index contributed by atoms with van der Waals surface area (Å²) in [5.41, 5.74) is -0.705. The third-order valence-electron chi connectivity index (χ3n) is 3.18. The van der Waals surface area contributed by atoms with Crippen LogP contribution in [0.2, 0.25) is 0 Å². The van der Waals surface area contributed by atoms with Crippen molar-refractivity contribution in [1.29, 1.82) is 0 Å². The number of pyridine rings is 1. The van der Waals surface area contributed by atoms with Crippen molar-refractivity contribution in [3.05, 3.63) is 23.9 Å². The third kappa shape index (κ3) is 3.16. The van der Waals surface area contributed by atoms with Crippen LogP contribution in [0.5, 0.6) is 0 Å². The molecule has 100 valence electrons. The smallest absolute Gasteiger partial charge is 0.359 e. The molecule has 0 saturated heterocycles. The van der Waals surface area contributed by atoms with Gasteiger partial charge in [-0.25, -0.2) is 4.98 Å². The van der Waals surface area contributed by atoms with Crippen molar-refractivity contribution in [2.45, 2.75) is 23.8 Å². The molecule has 1 aliphatic carbocycles. The molecule has 0 radical (unpaired) electrons. The Morgan fingerprint density at radius 2 is 2.06 bits per heavy atom. The largest absolute Gasteiger partial charge is 0.417 e. The Balaban J connectivity index is 1.96.